The van der Waals surface area contributed by atoms with E-state index in [1.807, 2.05) is 0 Å². The van der Waals surface area contributed by atoms with E-state index in [1.54, 1.807) is 38.3 Å². The maximum absolute atomic E-state index is 11.5. The first-order valence-electron chi connectivity index (χ1n) is 4.98. The molecular formula is C10H17N5O. The molecule has 0 aliphatic carbocycles. The second-order valence-corrected chi connectivity index (χ2v) is 3.70. The van der Waals surface area contributed by atoms with Gasteiger partial charge in [-0.25, -0.2) is 9.97 Å². The topological polar surface area (TPSA) is 75.4 Å². The first-order chi connectivity index (χ1) is 7.54. The van der Waals surface area contributed by atoms with Crippen molar-refractivity contribution in [2.45, 2.75) is 6.54 Å². The Balaban J connectivity index is 2.72. The number of anilines is 1. The van der Waals surface area contributed by atoms with E-state index in [2.05, 4.69) is 9.97 Å². The van der Waals surface area contributed by atoms with E-state index in [0.29, 0.717) is 12.5 Å². The van der Waals surface area contributed by atoms with Crippen LogP contribution in [0.5, 0.6) is 0 Å². The van der Waals surface area contributed by atoms with Gasteiger partial charge < -0.3 is 15.5 Å². The first kappa shape index (κ1) is 12.4. The Labute approximate surface area is 95.1 Å². The van der Waals surface area contributed by atoms with Gasteiger partial charge in [0.1, 0.15) is 0 Å². The van der Waals surface area contributed by atoms with Crippen LogP contribution in [0.25, 0.3) is 0 Å². The molecule has 0 fully saturated rings. The molecule has 0 spiro atoms. The lowest BCUT2D eigenvalue weighted by atomic mass is 10.4. The third-order valence-corrected chi connectivity index (χ3v) is 2.12. The van der Waals surface area contributed by atoms with Gasteiger partial charge in [-0.1, -0.05) is 0 Å². The molecule has 0 saturated carbocycles. The third kappa shape index (κ3) is 3.16. The molecule has 88 valence electrons. The summed E-state index contributed by atoms with van der Waals surface area (Å²) in [4.78, 5) is 23.0. The van der Waals surface area contributed by atoms with Crippen molar-refractivity contribution in [3.05, 3.63) is 18.0 Å². The summed E-state index contributed by atoms with van der Waals surface area (Å²) in [5.74, 6) is 0.516. The maximum atomic E-state index is 11.5. The Morgan fingerprint density at radius 1 is 1.44 bits per heavy atom. The minimum atomic E-state index is 0.00394. The second kappa shape index (κ2) is 5.41. The average molecular weight is 223 g/mol. The molecule has 0 saturated heterocycles. The Morgan fingerprint density at radius 3 is 2.69 bits per heavy atom. The number of rotatable bonds is 4. The molecule has 1 amide bonds. The summed E-state index contributed by atoms with van der Waals surface area (Å²) in [6.07, 6.45) is 1.64. The molecule has 0 radical (unpaired) electrons. The smallest absolute Gasteiger partial charge is 0.241 e. The third-order valence-electron chi connectivity index (χ3n) is 2.12. The van der Waals surface area contributed by atoms with Crippen molar-refractivity contribution in [2.75, 3.05) is 32.6 Å². The largest absolute Gasteiger partial charge is 0.347 e. The van der Waals surface area contributed by atoms with Crippen molar-refractivity contribution in [1.29, 1.82) is 0 Å². The summed E-state index contributed by atoms with van der Waals surface area (Å²) >= 11 is 0. The molecule has 2 N–H and O–H groups in total. The van der Waals surface area contributed by atoms with Crippen molar-refractivity contribution in [3.63, 3.8) is 0 Å². The molecule has 0 aliphatic heterocycles. The van der Waals surface area contributed by atoms with Crippen LogP contribution < -0.4 is 10.6 Å². The van der Waals surface area contributed by atoms with Gasteiger partial charge in [0.2, 0.25) is 11.9 Å². The van der Waals surface area contributed by atoms with E-state index >= 15 is 0 Å². The van der Waals surface area contributed by atoms with Crippen molar-refractivity contribution in [2.24, 2.45) is 5.73 Å². The normalized spacial score (nSPS) is 10.0. The molecule has 1 aromatic heterocycles. The SMILES string of the molecule is CN(C)C(=O)CN(C)c1nccc(CN)n1. The van der Waals surface area contributed by atoms with Crippen LogP contribution in [0, 0.1) is 0 Å². The Bertz CT molecular complexity index is 366. The van der Waals surface area contributed by atoms with E-state index in [-0.39, 0.29) is 12.5 Å². The van der Waals surface area contributed by atoms with Gasteiger partial charge in [-0.2, -0.15) is 0 Å². The highest BCUT2D eigenvalue weighted by molar-refractivity contribution is 5.80. The van der Waals surface area contributed by atoms with Crippen LogP contribution in [0.2, 0.25) is 0 Å². The van der Waals surface area contributed by atoms with Gasteiger partial charge in [-0.3, -0.25) is 4.79 Å². The van der Waals surface area contributed by atoms with Gasteiger partial charge in [0.05, 0.1) is 12.2 Å². The number of nitrogens with zero attached hydrogens (tertiary/aromatic N) is 4. The fourth-order valence-electron chi connectivity index (χ4n) is 1.10. The number of hydrogen-bond acceptors (Lipinski definition) is 5. The van der Waals surface area contributed by atoms with Gasteiger partial charge in [-0.05, 0) is 6.07 Å². The van der Waals surface area contributed by atoms with Crippen LogP contribution in [0.1, 0.15) is 5.69 Å². The van der Waals surface area contributed by atoms with Crippen LogP contribution in [-0.4, -0.2) is 48.5 Å². The number of likely N-dealkylation sites (N-methyl/N-ethyl adjacent to an activating group) is 2. The summed E-state index contributed by atoms with van der Waals surface area (Å²) < 4.78 is 0. The monoisotopic (exact) mass is 223 g/mol. The predicted octanol–water partition coefficient (Wildman–Crippen LogP) is -0.540. The van der Waals surface area contributed by atoms with Gasteiger partial charge in [0, 0.05) is 33.9 Å². The highest BCUT2D eigenvalue weighted by Gasteiger charge is 2.11. The minimum absolute atomic E-state index is 0.00394. The summed E-state index contributed by atoms with van der Waals surface area (Å²) in [7, 11) is 5.21. The van der Waals surface area contributed by atoms with Crippen molar-refractivity contribution in [1.82, 2.24) is 14.9 Å². The van der Waals surface area contributed by atoms with Crippen LogP contribution in [0.15, 0.2) is 12.3 Å². The molecule has 0 bridgehead atoms. The fraction of sp³-hybridized carbons (Fsp3) is 0.500. The van der Waals surface area contributed by atoms with Crippen LogP contribution in [0.3, 0.4) is 0 Å². The van der Waals surface area contributed by atoms with Crippen molar-refractivity contribution >= 4 is 11.9 Å². The summed E-state index contributed by atoms with van der Waals surface area (Å²) in [5.41, 5.74) is 6.24. The molecule has 1 rings (SSSR count). The first-order valence-corrected chi connectivity index (χ1v) is 4.98. The summed E-state index contributed by atoms with van der Waals surface area (Å²) in [6, 6.07) is 1.76. The Kier molecular flexibility index (Phi) is 4.19. The maximum Gasteiger partial charge on any atom is 0.241 e. The zero-order valence-corrected chi connectivity index (χ0v) is 9.84. The number of carbonyl (C=O) groups is 1. The molecule has 0 aromatic carbocycles. The molecule has 0 aliphatic rings. The molecule has 6 heteroatoms. The van der Waals surface area contributed by atoms with Gasteiger partial charge in [0.25, 0.3) is 0 Å². The van der Waals surface area contributed by atoms with E-state index < -0.39 is 0 Å². The Morgan fingerprint density at radius 2 is 2.12 bits per heavy atom. The van der Waals surface area contributed by atoms with Crippen LogP contribution in [0.4, 0.5) is 5.95 Å². The minimum Gasteiger partial charge on any atom is -0.347 e. The lowest BCUT2D eigenvalue weighted by molar-refractivity contribution is -0.127. The molecule has 16 heavy (non-hydrogen) atoms. The van der Waals surface area contributed by atoms with E-state index in [0.717, 1.165) is 5.69 Å². The average Bonchev–Trinajstić information content (AvgIpc) is 2.28. The van der Waals surface area contributed by atoms with Crippen molar-refractivity contribution in [3.8, 4) is 0 Å². The lowest BCUT2D eigenvalue weighted by Crippen LogP contribution is -2.35. The second-order valence-electron chi connectivity index (χ2n) is 3.70. The number of carbonyl (C=O) groups excluding carboxylic acids is 1. The predicted molar refractivity (Wildman–Crippen MR) is 61.9 cm³/mol. The van der Waals surface area contributed by atoms with E-state index in [9.17, 15) is 4.79 Å². The van der Waals surface area contributed by atoms with Gasteiger partial charge in [0.15, 0.2) is 0 Å². The van der Waals surface area contributed by atoms with Gasteiger partial charge in [-0.15, -0.1) is 0 Å². The molecule has 1 aromatic rings. The molecule has 0 unspecified atom stereocenters. The summed E-state index contributed by atoms with van der Waals surface area (Å²) in [6.45, 7) is 0.617. The van der Waals surface area contributed by atoms with E-state index in [1.165, 1.54) is 4.90 Å². The number of aromatic nitrogens is 2. The molecule has 0 atom stereocenters. The quantitative estimate of drug-likeness (QED) is 0.742. The number of nitrogens with two attached hydrogens (primary N) is 1. The zero-order chi connectivity index (χ0) is 12.1. The van der Waals surface area contributed by atoms with Crippen LogP contribution in [-0.2, 0) is 11.3 Å². The number of amides is 1. The van der Waals surface area contributed by atoms with Crippen molar-refractivity contribution < 1.29 is 4.79 Å². The van der Waals surface area contributed by atoms with Crippen LogP contribution >= 0.6 is 0 Å². The van der Waals surface area contributed by atoms with E-state index in [4.69, 9.17) is 5.73 Å². The highest BCUT2D eigenvalue weighted by Crippen LogP contribution is 2.05. The number of hydrogen-bond donors (Lipinski definition) is 1. The fourth-order valence-corrected chi connectivity index (χ4v) is 1.10. The lowest BCUT2D eigenvalue weighted by Gasteiger charge is -2.19. The standard InChI is InChI=1S/C10H17N5O/c1-14(2)9(16)7-15(3)10-12-5-4-8(6-11)13-10/h4-5H,6-7,11H2,1-3H3. The zero-order valence-electron chi connectivity index (χ0n) is 9.84. The molecule has 6 nitrogen and oxygen atoms in total. The Hall–Kier alpha value is -1.69. The molecular weight excluding hydrogens is 206 g/mol. The van der Waals surface area contributed by atoms with Gasteiger partial charge >= 0.3 is 0 Å². The molecule has 1 heterocycles. The highest BCUT2D eigenvalue weighted by atomic mass is 16.2. The summed E-state index contributed by atoms with van der Waals surface area (Å²) in [5, 5.41) is 0.